The normalized spacial score (nSPS) is 12.8. The topological polar surface area (TPSA) is 61.4 Å². The van der Waals surface area contributed by atoms with Gasteiger partial charge in [0.15, 0.2) is 0 Å². The number of carbonyl (C=O) groups is 2. The summed E-state index contributed by atoms with van der Waals surface area (Å²) in [6.07, 6.45) is 0.888. The van der Waals surface area contributed by atoms with Crippen LogP contribution in [0, 0.1) is 5.92 Å². The molecule has 0 bridgehead atoms. The Balaban J connectivity index is 1.67. The molecule has 2 aromatic rings. The molecule has 0 saturated heterocycles. The number of benzene rings is 2. The van der Waals surface area contributed by atoms with Crippen LogP contribution in [0.15, 0.2) is 42.5 Å². The Kier molecular flexibility index (Phi) is 4.74. The first-order valence-electron chi connectivity index (χ1n) is 8.44. The summed E-state index contributed by atoms with van der Waals surface area (Å²) in [4.78, 5) is 25.5. The van der Waals surface area contributed by atoms with Crippen molar-refractivity contribution < 1.29 is 9.59 Å². The van der Waals surface area contributed by atoms with Crippen LogP contribution in [0.3, 0.4) is 0 Å². The zero-order chi connectivity index (χ0) is 18.0. The fraction of sp³-hybridized carbons (Fsp3) is 0.300. The predicted octanol–water partition coefficient (Wildman–Crippen LogP) is 3.10. The number of nitrogens with one attached hydrogen (secondary N) is 2. The van der Waals surface area contributed by atoms with Crippen LogP contribution in [0.25, 0.3) is 11.1 Å². The van der Waals surface area contributed by atoms with Gasteiger partial charge in [-0.25, -0.2) is 4.79 Å². The van der Waals surface area contributed by atoms with Gasteiger partial charge in [0.2, 0.25) is 5.91 Å². The van der Waals surface area contributed by atoms with Crippen LogP contribution in [0.2, 0.25) is 0 Å². The van der Waals surface area contributed by atoms with Gasteiger partial charge in [-0.05, 0) is 40.8 Å². The number of carbonyl (C=O) groups excluding carboxylic acids is 2. The highest BCUT2D eigenvalue weighted by Crippen LogP contribution is 2.37. The summed E-state index contributed by atoms with van der Waals surface area (Å²) in [5.41, 5.74) is 5.82. The number of urea groups is 1. The molecular formula is C20H23N3O2. The molecule has 130 valence electrons. The lowest BCUT2D eigenvalue weighted by molar-refractivity contribution is -0.124. The molecule has 25 heavy (non-hydrogen) atoms. The Morgan fingerprint density at radius 1 is 1.12 bits per heavy atom. The molecule has 3 amide bonds. The molecule has 3 rings (SSSR count). The van der Waals surface area contributed by atoms with Crippen molar-refractivity contribution in [3.8, 4) is 11.1 Å². The SMILES string of the molecule is CNC(=O)[C@H](C)CN(C)C(=O)Nc1ccc2c(c1)Cc1ccccc1-2. The van der Waals surface area contributed by atoms with Crippen LogP contribution in [0.1, 0.15) is 18.1 Å². The number of amides is 3. The van der Waals surface area contributed by atoms with Gasteiger partial charge in [0.25, 0.3) is 0 Å². The van der Waals surface area contributed by atoms with E-state index in [9.17, 15) is 9.59 Å². The number of rotatable bonds is 4. The van der Waals surface area contributed by atoms with Gasteiger partial charge in [-0.2, -0.15) is 0 Å². The van der Waals surface area contributed by atoms with E-state index in [-0.39, 0.29) is 17.9 Å². The second-order valence-electron chi connectivity index (χ2n) is 6.53. The molecule has 1 aliphatic carbocycles. The Bertz CT molecular complexity index is 816. The van der Waals surface area contributed by atoms with Crippen molar-refractivity contribution in [1.29, 1.82) is 0 Å². The first-order valence-corrected chi connectivity index (χ1v) is 8.44. The molecule has 0 unspecified atom stereocenters. The number of anilines is 1. The molecule has 1 aliphatic rings. The van der Waals surface area contributed by atoms with Crippen molar-refractivity contribution in [2.75, 3.05) is 26.0 Å². The number of hydrogen-bond acceptors (Lipinski definition) is 2. The maximum absolute atomic E-state index is 12.4. The van der Waals surface area contributed by atoms with Crippen LogP contribution in [0.4, 0.5) is 10.5 Å². The molecule has 2 N–H and O–H groups in total. The van der Waals surface area contributed by atoms with Crippen molar-refractivity contribution in [1.82, 2.24) is 10.2 Å². The van der Waals surface area contributed by atoms with Crippen molar-refractivity contribution in [2.45, 2.75) is 13.3 Å². The minimum Gasteiger partial charge on any atom is -0.359 e. The molecule has 0 aliphatic heterocycles. The Morgan fingerprint density at radius 3 is 2.60 bits per heavy atom. The molecule has 5 heteroatoms. The average Bonchev–Trinajstić information content (AvgIpc) is 2.98. The first-order chi connectivity index (χ1) is 12.0. The maximum atomic E-state index is 12.4. The summed E-state index contributed by atoms with van der Waals surface area (Å²) in [7, 11) is 3.29. The van der Waals surface area contributed by atoms with E-state index in [0.29, 0.717) is 6.54 Å². The van der Waals surface area contributed by atoms with Gasteiger partial charge in [0, 0.05) is 26.3 Å². The second kappa shape index (κ2) is 6.97. The molecule has 0 fully saturated rings. The third-order valence-corrected chi connectivity index (χ3v) is 4.63. The number of fused-ring (bicyclic) bond motifs is 3. The Labute approximate surface area is 148 Å². The minimum atomic E-state index is -0.254. The smallest absolute Gasteiger partial charge is 0.321 e. The van der Waals surface area contributed by atoms with Gasteiger partial charge in [0.05, 0.1) is 5.92 Å². The number of nitrogens with zero attached hydrogens (tertiary/aromatic N) is 1. The molecule has 0 aromatic heterocycles. The van der Waals surface area contributed by atoms with Crippen LogP contribution in [-0.4, -0.2) is 37.5 Å². The fourth-order valence-corrected chi connectivity index (χ4v) is 3.26. The van der Waals surface area contributed by atoms with Gasteiger partial charge in [-0.15, -0.1) is 0 Å². The van der Waals surface area contributed by atoms with Crippen molar-refractivity contribution >= 4 is 17.6 Å². The van der Waals surface area contributed by atoms with E-state index in [4.69, 9.17) is 0 Å². The highest BCUT2D eigenvalue weighted by Gasteiger charge is 2.20. The van der Waals surface area contributed by atoms with Crippen molar-refractivity contribution in [2.24, 2.45) is 5.92 Å². The fourth-order valence-electron chi connectivity index (χ4n) is 3.26. The van der Waals surface area contributed by atoms with Crippen LogP contribution < -0.4 is 10.6 Å². The highest BCUT2D eigenvalue weighted by molar-refractivity contribution is 5.91. The van der Waals surface area contributed by atoms with E-state index in [1.165, 1.54) is 27.2 Å². The van der Waals surface area contributed by atoms with Crippen molar-refractivity contribution in [3.05, 3.63) is 53.6 Å². The van der Waals surface area contributed by atoms with E-state index in [2.05, 4.69) is 34.9 Å². The monoisotopic (exact) mass is 337 g/mol. The molecular weight excluding hydrogens is 314 g/mol. The van der Waals surface area contributed by atoms with Crippen LogP contribution >= 0.6 is 0 Å². The van der Waals surface area contributed by atoms with E-state index in [1.807, 2.05) is 18.2 Å². The van der Waals surface area contributed by atoms with Crippen LogP contribution in [0.5, 0.6) is 0 Å². The van der Waals surface area contributed by atoms with Crippen molar-refractivity contribution in [3.63, 3.8) is 0 Å². The third kappa shape index (κ3) is 3.50. The van der Waals surface area contributed by atoms with Gasteiger partial charge < -0.3 is 15.5 Å². The summed E-state index contributed by atoms with van der Waals surface area (Å²) in [5, 5.41) is 5.51. The lowest BCUT2D eigenvalue weighted by Gasteiger charge is -2.21. The standard InChI is InChI=1S/C20H23N3O2/c1-13(19(24)21-2)12-23(3)20(25)22-16-8-9-18-15(11-16)10-14-6-4-5-7-17(14)18/h4-9,11,13H,10,12H2,1-3H3,(H,21,24)(H,22,25)/t13-/m1/s1. The minimum absolute atomic E-state index is 0.0741. The molecule has 0 radical (unpaired) electrons. The molecule has 0 spiro atoms. The van der Waals surface area contributed by atoms with Gasteiger partial charge in [-0.3, -0.25) is 4.79 Å². The summed E-state index contributed by atoms with van der Waals surface area (Å²) in [6.45, 7) is 2.16. The summed E-state index contributed by atoms with van der Waals surface area (Å²) in [5.74, 6) is -0.329. The van der Waals surface area contributed by atoms with E-state index in [0.717, 1.165) is 12.1 Å². The highest BCUT2D eigenvalue weighted by atomic mass is 16.2. The first kappa shape index (κ1) is 17.0. The lowest BCUT2D eigenvalue weighted by Crippen LogP contribution is -2.39. The summed E-state index contributed by atoms with van der Waals surface area (Å²) in [6, 6.07) is 14.2. The zero-order valence-corrected chi connectivity index (χ0v) is 14.8. The summed E-state index contributed by atoms with van der Waals surface area (Å²) < 4.78 is 0. The molecule has 1 atom stereocenters. The third-order valence-electron chi connectivity index (χ3n) is 4.63. The summed E-state index contributed by atoms with van der Waals surface area (Å²) >= 11 is 0. The second-order valence-corrected chi connectivity index (χ2v) is 6.53. The molecule has 0 heterocycles. The molecule has 0 saturated carbocycles. The maximum Gasteiger partial charge on any atom is 0.321 e. The Hall–Kier alpha value is -2.82. The van der Waals surface area contributed by atoms with Gasteiger partial charge in [0.1, 0.15) is 0 Å². The van der Waals surface area contributed by atoms with Gasteiger partial charge in [-0.1, -0.05) is 37.3 Å². The van der Waals surface area contributed by atoms with Crippen LogP contribution in [-0.2, 0) is 11.2 Å². The molecule has 2 aromatic carbocycles. The quantitative estimate of drug-likeness (QED) is 0.768. The number of hydrogen-bond donors (Lipinski definition) is 2. The van der Waals surface area contributed by atoms with E-state index < -0.39 is 0 Å². The van der Waals surface area contributed by atoms with E-state index >= 15 is 0 Å². The lowest BCUT2D eigenvalue weighted by atomic mass is 10.1. The predicted molar refractivity (Wildman–Crippen MR) is 99.6 cm³/mol. The zero-order valence-electron chi connectivity index (χ0n) is 14.8. The van der Waals surface area contributed by atoms with Gasteiger partial charge >= 0.3 is 6.03 Å². The molecule has 5 nitrogen and oxygen atoms in total. The Morgan fingerprint density at radius 2 is 1.84 bits per heavy atom. The average molecular weight is 337 g/mol. The largest absolute Gasteiger partial charge is 0.359 e. The van der Waals surface area contributed by atoms with E-state index in [1.54, 1.807) is 21.0 Å².